The SMILES string of the molecule is O=C(Nc1ccc2oc(-c3ccnc(C(=O)N4CCN([C@@H](c5ccccc5)c5nnn(C(F)F)n5)CC4)c3)nc2c1)[C@H]1C[C@H]1F. The van der Waals surface area contributed by atoms with E-state index in [4.69, 9.17) is 4.42 Å². The zero-order chi connectivity index (χ0) is 31.1. The Kier molecular flexibility index (Phi) is 7.45. The van der Waals surface area contributed by atoms with E-state index >= 15 is 0 Å². The Morgan fingerprint density at radius 3 is 2.49 bits per heavy atom. The van der Waals surface area contributed by atoms with Gasteiger partial charge in [0.25, 0.3) is 5.91 Å². The van der Waals surface area contributed by atoms with Gasteiger partial charge >= 0.3 is 6.55 Å². The molecule has 45 heavy (non-hydrogen) atoms. The van der Waals surface area contributed by atoms with E-state index in [0.717, 1.165) is 5.56 Å². The lowest BCUT2D eigenvalue weighted by Gasteiger charge is -2.38. The van der Waals surface area contributed by atoms with Crippen LogP contribution < -0.4 is 5.32 Å². The van der Waals surface area contributed by atoms with Crippen LogP contribution >= 0.6 is 0 Å². The van der Waals surface area contributed by atoms with Crippen molar-refractivity contribution in [2.45, 2.75) is 25.2 Å². The largest absolute Gasteiger partial charge is 0.436 e. The van der Waals surface area contributed by atoms with Crippen molar-refractivity contribution in [1.29, 1.82) is 0 Å². The summed E-state index contributed by atoms with van der Waals surface area (Å²) in [4.78, 5) is 38.4. The summed E-state index contributed by atoms with van der Waals surface area (Å²) in [7, 11) is 0. The fourth-order valence-corrected chi connectivity index (χ4v) is 5.41. The quantitative estimate of drug-likeness (QED) is 0.273. The first-order chi connectivity index (χ1) is 21.8. The summed E-state index contributed by atoms with van der Waals surface area (Å²) in [5.74, 6) is -0.824. The molecule has 1 aliphatic carbocycles. The van der Waals surface area contributed by atoms with Crippen LogP contribution in [0.1, 0.15) is 40.9 Å². The Morgan fingerprint density at radius 2 is 1.78 bits per heavy atom. The number of tetrazole rings is 1. The summed E-state index contributed by atoms with van der Waals surface area (Å²) in [6, 6.07) is 17.1. The number of rotatable bonds is 8. The lowest BCUT2D eigenvalue weighted by Crippen LogP contribution is -2.50. The molecule has 1 aliphatic heterocycles. The monoisotopic (exact) mass is 617 g/mol. The highest BCUT2D eigenvalue weighted by Crippen LogP contribution is 2.35. The van der Waals surface area contributed by atoms with Gasteiger partial charge in [-0.25, -0.2) is 9.37 Å². The summed E-state index contributed by atoms with van der Waals surface area (Å²) < 4.78 is 45.5. The van der Waals surface area contributed by atoms with Crippen LogP contribution in [0, 0.1) is 5.92 Å². The number of carbonyl (C=O) groups excluding carboxylic acids is 2. The average molecular weight is 618 g/mol. The second kappa shape index (κ2) is 11.7. The van der Waals surface area contributed by atoms with Crippen LogP contribution in [0.15, 0.2) is 71.3 Å². The number of hydrogen-bond acceptors (Lipinski definition) is 9. The maximum absolute atomic E-state index is 13.5. The van der Waals surface area contributed by atoms with Crippen molar-refractivity contribution in [2.24, 2.45) is 5.92 Å². The van der Waals surface area contributed by atoms with Gasteiger partial charge < -0.3 is 14.6 Å². The van der Waals surface area contributed by atoms with Crippen LogP contribution in [0.5, 0.6) is 0 Å². The van der Waals surface area contributed by atoms with Crippen LogP contribution in [0.3, 0.4) is 0 Å². The standard InChI is InChI=1S/C30H26F3N9O3/c31-21-16-20(21)27(43)35-19-6-7-24-22(15-19)36-28(45-24)18-8-9-34-23(14-18)29(44)41-12-10-40(11-13-41)25(17-4-2-1-3-5-17)26-37-39-42(38-26)30(32)33/h1-9,14-15,20-21,25,30H,10-13,16H2,(H,35,43)/t20-,21+,25-/m0/s1. The van der Waals surface area contributed by atoms with Crippen molar-refractivity contribution in [2.75, 3.05) is 31.5 Å². The zero-order valence-corrected chi connectivity index (χ0v) is 23.6. The third-order valence-corrected chi connectivity index (χ3v) is 7.88. The molecule has 2 aromatic carbocycles. The fourth-order valence-electron chi connectivity index (χ4n) is 5.41. The first kappa shape index (κ1) is 28.6. The lowest BCUT2D eigenvalue weighted by molar-refractivity contribution is -0.117. The number of hydrogen-bond donors (Lipinski definition) is 1. The zero-order valence-electron chi connectivity index (χ0n) is 23.6. The minimum Gasteiger partial charge on any atom is -0.436 e. The van der Waals surface area contributed by atoms with Crippen LogP contribution in [-0.4, -0.2) is 84.1 Å². The van der Waals surface area contributed by atoms with E-state index in [2.05, 4.69) is 30.7 Å². The Labute approximate surface area is 253 Å². The van der Waals surface area contributed by atoms with E-state index in [-0.39, 0.29) is 40.4 Å². The van der Waals surface area contributed by atoms with Crippen molar-refractivity contribution >= 4 is 28.6 Å². The molecule has 230 valence electrons. The van der Waals surface area contributed by atoms with Gasteiger partial charge in [0.15, 0.2) is 11.4 Å². The number of oxazole rings is 1. The molecule has 7 rings (SSSR count). The molecule has 15 heteroatoms. The molecule has 12 nitrogen and oxygen atoms in total. The number of benzene rings is 2. The van der Waals surface area contributed by atoms with Crippen LogP contribution in [0.25, 0.3) is 22.6 Å². The lowest BCUT2D eigenvalue weighted by atomic mass is 10.0. The molecule has 0 radical (unpaired) electrons. The number of piperazine rings is 1. The van der Waals surface area contributed by atoms with Gasteiger partial charge in [-0.1, -0.05) is 35.1 Å². The van der Waals surface area contributed by atoms with Gasteiger partial charge in [-0.2, -0.15) is 8.78 Å². The van der Waals surface area contributed by atoms with Crippen LogP contribution in [0.4, 0.5) is 18.9 Å². The van der Waals surface area contributed by atoms with Crippen molar-refractivity contribution in [3.8, 4) is 11.5 Å². The maximum atomic E-state index is 13.5. The number of pyridine rings is 1. The Morgan fingerprint density at radius 1 is 1.00 bits per heavy atom. The number of halogens is 3. The highest BCUT2D eigenvalue weighted by molar-refractivity contribution is 5.96. The first-order valence-corrected chi connectivity index (χ1v) is 14.3. The molecular weight excluding hydrogens is 591 g/mol. The first-order valence-electron chi connectivity index (χ1n) is 14.3. The maximum Gasteiger partial charge on any atom is 0.350 e. The molecule has 1 saturated heterocycles. The van der Waals surface area contributed by atoms with E-state index in [1.807, 2.05) is 35.2 Å². The van der Waals surface area contributed by atoms with Gasteiger partial charge in [-0.05, 0) is 47.5 Å². The van der Waals surface area contributed by atoms with Crippen LogP contribution in [0.2, 0.25) is 0 Å². The molecule has 2 aliphatic rings. The molecule has 0 spiro atoms. The van der Waals surface area contributed by atoms with Gasteiger partial charge in [-0.15, -0.1) is 10.2 Å². The number of nitrogens with one attached hydrogen (secondary N) is 1. The Hall–Kier alpha value is -5.18. The number of fused-ring (bicyclic) bond motifs is 1. The summed E-state index contributed by atoms with van der Waals surface area (Å²) in [6.45, 7) is -1.31. The summed E-state index contributed by atoms with van der Waals surface area (Å²) in [6.07, 6.45) is 0.651. The van der Waals surface area contributed by atoms with Gasteiger partial charge in [0.1, 0.15) is 17.4 Å². The number of alkyl halides is 3. The average Bonchev–Trinajstić information content (AvgIpc) is 3.40. The van der Waals surface area contributed by atoms with Gasteiger partial charge in [0, 0.05) is 43.6 Å². The molecule has 0 bridgehead atoms. The second-order valence-corrected chi connectivity index (χ2v) is 10.9. The number of nitrogens with zero attached hydrogens (tertiary/aromatic N) is 8. The Balaban J connectivity index is 1.05. The summed E-state index contributed by atoms with van der Waals surface area (Å²) in [5.41, 5.74) is 3.04. The Bertz CT molecular complexity index is 1860. The van der Waals surface area contributed by atoms with Crippen molar-refractivity contribution in [3.05, 3.63) is 83.9 Å². The molecule has 1 N–H and O–H groups in total. The van der Waals surface area contributed by atoms with E-state index in [1.165, 1.54) is 6.20 Å². The third kappa shape index (κ3) is 5.85. The smallest absolute Gasteiger partial charge is 0.350 e. The van der Waals surface area contributed by atoms with Crippen molar-refractivity contribution < 1.29 is 27.2 Å². The molecule has 1 saturated carbocycles. The summed E-state index contributed by atoms with van der Waals surface area (Å²) >= 11 is 0. The highest BCUT2D eigenvalue weighted by atomic mass is 19.3. The minimum absolute atomic E-state index is 0.153. The second-order valence-electron chi connectivity index (χ2n) is 10.9. The predicted octanol–water partition coefficient (Wildman–Crippen LogP) is 4.12. The third-order valence-electron chi connectivity index (χ3n) is 7.88. The van der Waals surface area contributed by atoms with Gasteiger partial charge in [0.2, 0.25) is 11.8 Å². The minimum atomic E-state index is -2.90. The number of anilines is 1. The molecule has 0 unspecified atom stereocenters. The molecule has 5 aromatic rings. The molecule has 3 atom stereocenters. The fraction of sp³-hybridized carbons (Fsp3) is 0.300. The van der Waals surface area contributed by atoms with Crippen molar-refractivity contribution in [1.82, 2.24) is 40.0 Å². The predicted molar refractivity (Wildman–Crippen MR) is 154 cm³/mol. The number of aromatic nitrogens is 6. The van der Waals surface area contributed by atoms with Gasteiger partial charge in [0.05, 0.1) is 12.0 Å². The molecule has 4 heterocycles. The molecule has 2 amide bonds. The van der Waals surface area contributed by atoms with E-state index in [9.17, 15) is 22.8 Å². The number of carbonyl (C=O) groups is 2. The normalized spacial score (nSPS) is 19.2. The molecule has 3 aromatic heterocycles. The van der Waals surface area contributed by atoms with Gasteiger partial charge in [-0.3, -0.25) is 19.5 Å². The molecular formula is C30H26F3N9O3. The number of amides is 2. The highest BCUT2D eigenvalue weighted by Gasteiger charge is 2.43. The molecule has 2 fully saturated rings. The van der Waals surface area contributed by atoms with E-state index < -0.39 is 24.7 Å². The van der Waals surface area contributed by atoms with Crippen molar-refractivity contribution in [3.63, 3.8) is 0 Å². The van der Waals surface area contributed by atoms with Crippen LogP contribution in [-0.2, 0) is 4.79 Å². The van der Waals surface area contributed by atoms with E-state index in [1.54, 1.807) is 35.2 Å². The summed E-state index contributed by atoms with van der Waals surface area (Å²) in [5, 5.41) is 14.0. The topological polar surface area (TPSA) is 135 Å². The van der Waals surface area contributed by atoms with E-state index in [0.29, 0.717) is 48.5 Å².